The summed E-state index contributed by atoms with van der Waals surface area (Å²) in [5.41, 5.74) is 12.8. The van der Waals surface area contributed by atoms with Crippen LogP contribution in [0.1, 0.15) is 0 Å². The Morgan fingerprint density at radius 1 is 0.381 bits per heavy atom. The van der Waals surface area contributed by atoms with Crippen molar-refractivity contribution in [1.29, 1.82) is 0 Å². The summed E-state index contributed by atoms with van der Waals surface area (Å²) < 4.78 is 10.9. The van der Waals surface area contributed by atoms with Gasteiger partial charge in [0.15, 0.2) is 11.6 Å². The number of fused-ring (bicyclic) bond motifs is 10. The number of hydrogen-bond acceptors (Lipinski definition) is 5. The van der Waals surface area contributed by atoms with Gasteiger partial charge in [0.25, 0.3) is 0 Å². The van der Waals surface area contributed by atoms with Crippen LogP contribution in [-0.2, 0) is 0 Å². The third kappa shape index (κ3) is 5.53. The zero-order valence-electron chi connectivity index (χ0n) is 33.7. The molecule has 0 saturated heterocycles. The van der Waals surface area contributed by atoms with Crippen molar-refractivity contribution >= 4 is 65.6 Å². The van der Waals surface area contributed by atoms with Gasteiger partial charge in [-0.15, -0.1) is 0 Å². The van der Waals surface area contributed by atoms with E-state index in [0.717, 1.165) is 99.4 Å². The lowest BCUT2D eigenvalue weighted by atomic mass is 9.98. The summed E-state index contributed by atoms with van der Waals surface area (Å²) in [6.45, 7) is 0. The van der Waals surface area contributed by atoms with Gasteiger partial charge in [0.1, 0.15) is 11.2 Å². The first kappa shape index (κ1) is 35.1. The summed E-state index contributed by atoms with van der Waals surface area (Å²) in [4.78, 5) is 20.7. The van der Waals surface area contributed by atoms with Crippen LogP contribution in [0.5, 0.6) is 0 Å². The van der Waals surface area contributed by atoms with Crippen molar-refractivity contribution < 1.29 is 4.42 Å². The normalized spacial score (nSPS) is 11.8. The lowest BCUT2D eigenvalue weighted by molar-refractivity contribution is 0.669. The van der Waals surface area contributed by atoms with Crippen LogP contribution in [0.25, 0.3) is 122 Å². The Hall–Kier alpha value is -8.68. The highest BCUT2D eigenvalue weighted by atomic mass is 16.3. The lowest BCUT2D eigenvalue weighted by Crippen LogP contribution is -2.07. The number of nitrogens with zero attached hydrogens (tertiary/aromatic N) is 6. The third-order valence-electron chi connectivity index (χ3n) is 12.2. The highest BCUT2D eigenvalue weighted by Gasteiger charge is 2.24. The van der Waals surface area contributed by atoms with Crippen molar-refractivity contribution in [1.82, 2.24) is 29.1 Å². The molecule has 5 aromatic heterocycles. The average Bonchev–Trinajstić information content (AvgIpc) is 4.03. The zero-order valence-corrected chi connectivity index (χ0v) is 33.7. The number of rotatable bonds is 6. The first-order chi connectivity index (χ1) is 31.2. The number of para-hydroxylation sites is 4. The topological polar surface area (TPSA) is 74.6 Å². The van der Waals surface area contributed by atoms with E-state index in [-0.39, 0.29) is 0 Å². The highest BCUT2D eigenvalue weighted by Crippen LogP contribution is 2.42. The number of pyridine rings is 1. The van der Waals surface area contributed by atoms with Crippen molar-refractivity contribution in [3.8, 4) is 56.8 Å². The fourth-order valence-corrected chi connectivity index (χ4v) is 9.44. The van der Waals surface area contributed by atoms with Gasteiger partial charge >= 0.3 is 0 Å². The Morgan fingerprint density at radius 3 is 1.75 bits per heavy atom. The van der Waals surface area contributed by atoms with Crippen LogP contribution in [0, 0.1) is 0 Å². The monoisotopic (exact) mass is 806 g/mol. The van der Waals surface area contributed by atoms with Gasteiger partial charge in [-0.2, -0.15) is 9.97 Å². The maximum Gasteiger partial charge on any atom is 0.238 e. The molecule has 0 N–H and O–H groups in total. The van der Waals surface area contributed by atoms with E-state index in [9.17, 15) is 0 Å². The first-order valence-electron chi connectivity index (χ1n) is 21.1. The maximum absolute atomic E-state index is 6.25. The Bertz CT molecular complexity index is 3900. The molecule has 0 amide bonds. The molecule has 7 nitrogen and oxygen atoms in total. The number of aromatic nitrogens is 6. The molecular weight excluding hydrogens is 773 g/mol. The van der Waals surface area contributed by atoms with E-state index in [0.29, 0.717) is 17.6 Å². The highest BCUT2D eigenvalue weighted by molar-refractivity contribution is 6.23. The number of benzene rings is 8. The molecule has 294 valence electrons. The van der Waals surface area contributed by atoms with Gasteiger partial charge in [-0.25, -0.2) is 4.98 Å². The number of hydrogen-bond donors (Lipinski definition) is 0. The largest absolute Gasteiger partial charge is 0.456 e. The molecule has 13 aromatic rings. The average molecular weight is 807 g/mol. The Morgan fingerprint density at radius 2 is 0.984 bits per heavy atom. The van der Waals surface area contributed by atoms with Crippen molar-refractivity contribution in [2.24, 2.45) is 0 Å². The molecule has 0 aliphatic rings. The summed E-state index contributed by atoms with van der Waals surface area (Å²) in [6.07, 6.45) is 1.82. The molecule has 0 unspecified atom stereocenters. The Labute approximate surface area is 360 Å². The van der Waals surface area contributed by atoms with Crippen LogP contribution in [0.3, 0.4) is 0 Å². The van der Waals surface area contributed by atoms with Crippen molar-refractivity contribution in [2.75, 3.05) is 0 Å². The van der Waals surface area contributed by atoms with Gasteiger partial charge in [-0.3, -0.25) is 9.55 Å². The molecule has 0 spiro atoms. The van der Waals surface area contributed by atoms with Gasteiger partial charge < -0.3 is 8.98 Å². The smallest absolute Gasteiger partial charge is 0.238 e. The minimum atomic E-state index is 0.528. The summed E-state index contributed by atoms with van der Waals surface area (Å²) >= 11 is 0. The Kier molecular flexibility index (Phi) is 7.77. The molecule has 0 aliphatic heterocycles. The summed E-state index contributed by atoms with van der Waals surface area (Å²) in [7, 11) is 0. The molecule has 5 heterocycles. The molecule has 63 heavy (non-hydrogen) atoms. The van der Waals surface area contributed by atoms with Crippen LogP contribution in [0.15, 0.2) is 211 Å². The van der Waals surface area contributed by atoms with Crippen LogP contribution >= 0.6 is 0 Å². The molecule has 0 fully saturated rings. The van der Waals surface area contributed by atoms with Gasteiger partial charge in [0.05, 0.1) is 27.8 Å². The van der Waals surface area contributed by atoms with E-state index < -0.39 is 0 Å². The SMILES string of the molecule is c1ccc(-n2c3ccccc3c3ccc4c5ccccc5n(-c5nc(-c6ccc(-c7cccc8oc9ccccc9c78)cc6)nc(-c6cccc(-c7ccccn7)c6)n5)c4c32)cc1. The van der Waals surface area contributed by atoms with E-state index in [1.807, 2.05) is 48.7 Å². The van der Waals surface area contributed by atoms with Gasteiger partial charge in [0.2, 0.25) is 5.95 Å². The molecule has 0 atom stereocenters. The second kappa shape index (κ2) is 13.9. The van der Waals surface area contributed by atoms with E-state index in [1.165, 1.54) is 5.39 Å². The van der Waals surface area contributed by atoms with Crippen LogP contribution in [0.4, 0.5) is 0 Å². The molecular formula is C56H34N6O. The van der Waals surface area contributed by atoms with Crippen LogP contribution < -0.4 is 0 Å². The third-order valence-corrected chi connectivity index (χ3v) is 12.2. The lowest BCUT2D eigenvalue weighted by Gasteiger charge is -2.14. The molecule has 8 aromatic carbocycles. The minimum Gasteiger partial charge on any atom is -0.456 e. The van der Waals surface area contributed by atoms with Crippen molar-refractivity contribution in [3.63, 3.8) is 0 Å². The molecule has 13 rings (SSSR count). The fourth-order valence-electron chi connectivity index (χ4n) is 9.44. The molecule has 0 saturated carbocycles. The molecule has 0 aliphatic carbocycles. The van der Waals surface area contributed by atoms with Gasteiger partial charge in [-0.1, -0.05) is 146 Å². The molecule has 0 bridgehead atoms. The van der Waals surface area contributed by atoms with Crippen molar-refractivity contribution in [3.05, 3.63) is 206 Å². The van der Waals surface area contributed by atoms with E-state index in [2.05, 4.69) is 172 Å². The molecule has 7 heteroatoms. The Balaban J connectivity index is 1.08. The predicted octanol–water partition coefficient (Wildman–Crippen LogP) is 14.0. The predicted molar refractivity (Wildman–Crippen MR) is 255 cm³/mol. The summed E-state index contributed by atoms with van der Waals surface area (Å²) in [5, 5.41) is 6.76. The molecule has 0 radical (unpaired) electrons. The van der Waals surface area contributed by atoms with Crippen molar-refractivity contribution in [2.45, 2.75) is 0 Å². The summed E-state index contributed by atoms with van der Waals surface area (Å²) in [5.74, 6) is 1.66. The van der Waals surface area contributed by atoms with Crippen LogP contribution in [-0.4, -0.2) is 29.1 Å². The van der Waals surface area contributed by atoms with Gasteiger partial charge in [-0.05, 0) is 65.7 Å². The van der Waals surface area contributed by atoms with E-state index >= 15 is 0 Å². The quantitative estimate of drug-likeness (QED) is 0.167. The fraction of sp³-hybridized carbons (Fsp3) is 0. The minimum absolute atomic E-state index is 0.528. The number of furan rings is 1. The standard InChI is InChI=1S/C56H34N6O/c1-2-16-39(17-3-1)61-47-23-7-4-18-41(47)43-31-32-44-42-19-5-8-24-48(42)62(53(44)52(43)61)56-59-54(58-55(60-56)38-15-12-14-37(34-38)46-22-10-11-33-57-46)36-29-27-35(28-30-36)40-21-13-26-50-51(40)45-20-6-9-25-49(45)63-50/h1-34H. The summed E-state index contributed by atoms with van der Waals surface area (Å²) in [6, 6.07) is 69.5. The zero-order chi connectivity index (χ0) is 41.4. The van der Waals surface area contributed by atoms with Gasteiger partial charge in [0, 0.05) is 60.9 Å². The maximum atomic E-state index is 6.25. The second-order valence-corrected chi connectivity index (χ2v) is 15.8. The second-order valence-electron chi connectivity index (χ2n) is 15.8. The first-order valence-corrected chi connectivity index (χ1v) is 21.1. The van der Waals surface area contributed by atoms with Crippen LogP contribution in [0.2, 0.25) is 0 Å². The van der Waals surface area contributed by atoms with E-state index in [1.54, 1.807) is 0 Å². The van der Waals surface area contributed by atoms with E-state index in [4.69, 9.17) is 19.4 Å².